The molecule has 0 saturated carbocycles. The summed E-state index contributed by atoms with van der Waals surface area (Å²) in [5, 5.41) is 3.32. The van der Waals surface area contributed by atoms with Gasteiger partial charge in [0, 0.05) is 23.4 Å². The fourth-order valence-electron chi connectivity index (χ4n) is 1.76. The summed E-state index contributed by atoms with van der Waals surface area (Å²) >= 11 is 1.82. The van der Waals surface area contributed by atoms with Gasteiger partial charge in [-0.25, -0.2) is 4.39 Å². The molecule has 1 aromatic carbocycles. The van der Waals surface area contributed by atoms with Gasteiger partial charge < -0.3 is 10.1 Å². The van der Waals surface area contributed by atoms with Crippen molar-refractivity contribution in [1.82, 2.24) is 5.32 Å². The number of halogens is 1. The van der Waals surface area contributed by atoms with E-state index in [1.807, 2.05) is 11.8 Å². The van der Waals surface area contributed by atoms with Gasteiger partial charge in [0.2, 0.25) is 0 Å². The molecule has 0 aliphatic rings. The maximum atomic E-state index is 13.3. The van der Waals surface area contributed by atoms with Gasteiger partial charge in [0.25, 0.3) is 0 Å². The summed E-state index contributed by atoms with van der Waals surface area (Å²) in [7, 11) is 0. The Labute approximate surface area is 113 Å². The van der Waals surface area contributed by atoms with E-state index in [0.717, 1.165) is 23.6 Å². The molecule has 1 atom stereocenters. The predicted molar refractivity (Wildman–Crippen MR) is 77.0 cm³/mol. The summed E-state index contributed by atoms with van der Waals surface area (Å²) in [6, 6.07) is 4.92. The van der Waals surface area contributed by atoms with Crippen molar-refractivity contribution in [3.05, 3.63) is 29.6 Å². The van der Waals surface area contributed by atoms with Gasteiger partial charge in [-0.05, 0) is 25.3 Å². The standard InChI is InChI=1S/C14H22FNOS/c1-4-16-11(3)13-7-6-12(15)10-14(13)17-8-9-18-5-2/h6-7,10-11,16H,4-5,8-9H2,1-3H3. The Balaban J connectivity index is 2.70. The molecule has 1 aromatic rings. The summed E-state index contributed by atoms with van der Waals surface area (Å²) in [4.78, 5) is 0. The van der Waals surface area contributed by atoms with Crippen LogP contribution >= 0.6 is 11.8 Å². The Morgan fingerprint density at radius 3 is 2.83 bits per heavy atom. The van der Waals surface area contributed by atoms with Crippen LogP contribution in [0.25, 0.3) is 0 Å². The number of ether oxygens (including phenoxy) is 1. The smallest absolute Gasteiger partial charge is 0.127 e. The molecule has 0 aliphatic heterocycles. The van der Waals surface area contributed by atoms with Gasteiger partial charge in [-0.15, -0.1) is 0 Å². The summed E-state index contributed by atoms with van der Waals surface area (Å²) in [5.74, 6) is 2.41. The molecular weight excluding hydrogens is 249 g/mol. The molecule has 0 amide bonds. The third-order valence-electron chi connectivity index (χ3n) is 2.64. The highest BCUT2D eigenvalue weighted by Gasteiger charge is 2.11. The van der Waals surface area contributed by atoms with Crippen molar-refractivity contribution in [3.8, 4) is 5.75 Å². The molecule has 102 valence electrons. The fourth-order valence-corrected chi connectivity index (χ4v) is 2.25. The Kier molecular flexibility index (Phi) is 7.13. The lowest BCUT2D eigenvalue weighted by atomic mass is 10.1. The lowest BCUT2D eigenvalue weighted by Gasteiger charge is -2.17. The minimum Gasteiger partial charge on any atom is -0.492 e. The molecule has 0 heterocycles. The van der Waals surface area contributed by atoms with E-state index >= 15 is 0 Å². The van der Waals surface area contributed by atoms with Crippen LogP contribution in [0.3, 0.4) is 0 Å². The number of thioether (sulfide) groups is 1. The molecule has 0 aliphatic carbocycles. The molecule has 0 radical (unpaired) electrons. The molecule has 0 fully saturated rings. The second-order valence-electron chi connectivity index (χ2n) is 4.01. The van der Waals surface area contributed by atoms with Gasteiger partial charge in [-0.1, -0.05) is 19.9 Å². The maximum Gasteiger partial charge on any atom is 0.127 e. The molecule has 0 spiro atoms. The molecule has 4 heteroatoms. The van der Waals surface area contributed by atoms with E-state index in [1.54, 1.807) is 6.07 Å². The lowest BCUT2D eigenvalue weighted by Crippen LogP contribution is -2.19. The Bertz CT molecular complexity index is 360. The molecule has 1 N–H and O–H groups in total. The van der Waals surface area contributed by atoms with Crippen molar-refractivity contribution in [2.24, 2.45) is 0 Å². The zero-order valence-electron chi connectivity index (χ0n) is 11.3. The summed E-state index contributed by atoms with van der Waals surface area (Å²) in [6.45, 7) is 7.73. The highest BCUT2D eigenvalue weighted by atomic mass is 32.2. The number of rotatable bonds is 8. The maximum absolute atomic E-state index is 13.3. The van der Waals surface area contributed by atoms with Gasteiger partial charge >= 0.3 is 0 Å². The van der Waals surface area contributed by atoms with Crippen molar-refractivity contribution in [2.75, 3.05) is 24.7 Å². The van der Waals surface area contributed by atoms with Crippen LogP contribution < -0.4 is 10.1 Å². The number of nitrogens with one attached hydrogen (secondary N) is 1. The van der Waals surface area contributed by atoms with Crippen LogP contribution in [0.1, 0.15) is 32.4 Å². The second-order valence-corrected chi connectivity index (χ2v) is 5.40. The molecule has 0 bridgehead atoms. The lowest BCUT2D eigenvalue weighted by molar-refractivity contribution is 0.334. The highest BCUT2D eigenvalue weighted by Crippen LogP contribution is 2.26. The third-order valence-corrected chi connectivity index (χ3v) is 3.51. The number of benzene rings is 1. The van der Waals surface area contributed by atoms with E-state index in [0.29, 0.717) is 12.4 Å². The molecule has 18 heavy (non-hydrogen) atoms. The van der Waals surface area contributed by atoms with Crippen molar-refractivity contribution in [2.45, 2.75) is 26.8 Å². The third kappa shape index (κ3) is 4.86. The Hall–Kier alpha value is -0.740. The van der Waals surface area contributed by atoms with Crippen molar-refractivity contribution in [1.29, 1.82) is 0 Å². The first-order valence-corrected chi connectivity index (χ1v) is 7.57. The van der Waals surface area contributed by atoms with Crippen molar-refractivity contribution >= 4 is 11.8 Å². The average molecular weight is 271 g/mol. The van der Waals surface area contributed by atoms with Gasteiger partial charge in [-0.2, -0.15) is 11.8 Å². The molecule has 2 nitrogen and oxygen atoms in total. The molecule has 0 aromatic heterocycles. The monoisotopic (exact) mass is 271 g/mol. The topological polar surface area (TPSA) is 21.3 Å². The molecule has 1 unspecified atom stereocenters. The quantitative estimate of drug-likeness (QED) is 0.730. The van der Waals surface area contributed by atoms with E-state index < -0.39 is 0 Å². The van der Waals surface area contributed by atoms with E-state index in [9.17, 15) is 4.39 Å². The van der Waals surface area contributed by atoms with Crippen LogP contribution in [0, 0.1) is 5.82 Å². The van der Waals surface area contributed by atoms with E-state index in [4.69, 9.17) is 4.74 Å². The minimum absolute atomic E-state index is 0.171. The van der Waals surface area contributed by atoms with Gasteiger partial charge in [0.1, 0.15) is 11.6 Å². The molecule has 0 saturated heterocycles. The van der Waals surface area contributed by atoms with Crippen LogP contribution in [0.15, 0.2) is 18.2 Å². The van der Waals surface area contributed by atoms with Crippen LogP contribution in [-0.4, -0.2) is 24.7 Å². The Morgan fingerprint density at radius 2 is 2.17 bits per heavy atom. The predicted octanol–water partition coefficient (Wildman–Crippen LogP) is 3.63. The van der Waals surface area contributed by atoms with Gasteiger partial charge in [-0.3, -0.25) is 0 Å². The second kappa shape index (κ2) is 8.38. The first kappa shape index (κ1) is 15.3. The first-order valence-electron chi connectivity index (χ1n) is 6.42. The van der Waals surface area contributed by atoms with Crippen LogP contribution in [0.4, 0.5) is 4.39 Å². The van der Waals surface area contributed by atoms with Gasteiger partial charge in [0.05, 0.1) is 6.61 Å². The first-order chi connectivity index (χ1) is 8.69. The van der Waals surface area contributed by atoms with Crippen LogP contribution in [-0.2, 0) is 0 Å². The zero-order valence-corrected chi connectivity index (χ0v) is 12.1. The van der Waals surface area contributed by atoms with E-state index in [2.05, 4.69) is 26.1 Å². The van der Waals surface area contributed by atoms with E-state index in [1.165, 1.54) is 12.1 Å². The highest BCUT2D eigenvalue weighted by molar-refractivity contribution is 7.99. The van der Waals surface area contributed by atoms with Crippen LogP contribution in [0.5, 0.6) is 5.75 Å². The van der Waals surface area contributed by atoms with E-state index in [-0.39, 0.29) is 11.9 Å². The zero-order chi connectivity index (χ0) is 13.4. The van der Waals surface area contributed by atoms with Crippen LogP contribution in [0.2, 0.25) is 0 Å². The summed E-state index contributed by atoms with van der Waals surface area (Å²) in [6.07, 6.45) is 0. The Morgan fingerprint density at radius 1 is 1.39 bits per heavy atom. The van der Waals surface area contributed by atoms with Gasteiger partial charge in [0.15, 0.2) is 0 Å². The number of hydrogen-bond donors (Lipinski definition) is 1. The largest absolute Gasteiger partial charge is 0.492 e. The molecular formula is C14H22FNOS. The summed E-state index contributed by atoms with van der Waals surface area (Å²) in [5.41, 5.74) is 1.01. The number of hydrogen-bond acceptors (Lipinski definition) is 3. The normalized spacial score (nSPS) is 12.4. The SMILES string of the molecule is CCNC(C)c1ccc(F)cc1OCCSCC. The summed E-state index contributed by atoms with van der Waals surface area (Å²) < 4.78 is 19.0. The van der Waals surface area contributed by atoms with Crippen molar-refractivity contribution in [3.63, 3.8) is 0 Å². The molecule has 1 rings (SSSR count). The fraction of sp³-hybridized carbons (Fsp3) is 0.571. The van der Waals surface area contributed by atoms with Crippen molar-refractivity contribution < 1.29 is 9.13 Å². The average Bonchev–Trinajstić information content (AvgIpc) is 2.35. The minimum atomic E-state index is -0.249.